The molecule has 0 aromatic heterocycles. The SMILES string of the molecule is C[C@@H]1[C@@H](C(=O)N[C@H](CO)c2ccccc2)[C@H]2C=C[C@@H]1C2. The topological polar surface area (TPSA) is 49.3 Å². The summed E-state index contributed by atoms with van der Waals surface area (Å²) < 4.78 is 0. The highest BCUT2D eigenvalue weighted by molar-refractivity contribution is 5.80. The first-order valence-electron chi connectivity index (χ1n) is 7.35. The summed E-state index contributed by atoms with van der Waals surface area (Å²) in [5.41, 5.74) is 0.953. The van der Waals surface area contributed by atoms with Gasteiger partial charge in [-0.3, -0.25) is 4.79 Å². The number of fused-ring (bicyclic) bond motifs is 2. The Morgan fingerprint density at radius 2 is 2.00 bits per heavy atom. The second-order valence-electron chi connectivity index (χ2n) is 5.99. The summed E-state index contributed by atoms with van der Waals surface area (Å²) in [7, 11) is 0. The zero-order chi connectivity index (χ0) is 14.1. The molecule has 5 atom stereocenters. The van der Waals surface area contributed by atoms with Crippen molar-refractivity contribution in [2.24, 2.45) is 23.7 Å². The number of aliphatic hydroxyl groups excluding tert-OH is 1. The fourth-order valence-electron chi connectivity index (χ4n) is 3.69. The maximum atomic E-state index is 12.5. The van der Waals surface area contributed by atoms with E-state index in [4.69, 9.17) is 0 Å². The number of carbonyl (C=O) groups excluding carboxylic acids is 1. The van der Waals surface area contributed by atoms with E-state index in [2.05, 4.69) is 24.4 Å². The van der Waals surface area contributed by atoms with Crippen LogP contribution in [0.1, 0.15) is 24.9 Å². The molecule has 2 aliphatic carbocycles. The van der Waals surface area contributed by atoms with Gasteiger partial charge in [-0.1, -0.05) is 49.4 Å². The van der Waals surface area contributed by atoms with Gasteiger partial charge in [0.25, 0.3) is 0 Å². The Balaban J connectivity index is 1.71. The van der Waals surface area contributed by atoms with Crippen molar-refractivity contribution in [2.45, 2.75) is 19.4 Å². The first-order chi connectivity index (χ1) is 9.70. The van der Waals surface area contributed by atoms with Gasteiger partial charge >= 0.3 is 0 Å². The average molecular weight is 271 g/mol. The standard InChI is InChI=1S/C17H21NO2/c1-11-13-7-8-14(9-13)16(11)17(20)18-15(10-19)12-5-3-2-4-6-12/h2-8,11,13-16,19H,9-10H2,1H3,(H,18,20)/t11-,13+,14-,15+,16+/m0/s1. The summed E-state index contributed by atoms with van der Waals surface area (Å²) in [6, 6.07) is 9.35. The van der Waals surface area contributed by atoms with E-state index in [0.717, 1.165) is 12.0 Å². The molecule has 1 amide bonds. The number of hydrogen-bond acceptors (Lipinski definition) is 2. The maximum absolute atomic E-state index is 12.5. The van der Waals surface area contributed by atoms with Gasteiger partial charge in [-0.05, 0) is 29.7 Å². The van der Waals surface area contributed by atoms with Gasteiger partial charge in [-0.25, -0.2) is 0 Å². The van der Waals surface area contributed by atoms with E-state index in [0.29, 0.717) is 17.8 Å². The van der Waals surface area contributed by atoms with Gasteiger partial charge in [0, 0.05) is 5.92 Å². The van der Waals surface area contributed by atoms with Crippen molar-refractivity contribution in [3.05, 3.63) is 48.0 Å². The van der Waals surface area contributed by atoms with Crippen LogP contribution in [0, 0.1) is 23.7 Å². The molecule has 0 aliphatic heterocycles. The normalized spacial score (nSPS) is 32.3. The van der Waals surface area contributed by atoms with Crippen LogP contribution in [0.25, 0.3) is 0 Å². The monoisotopic (exact) mass is 271 g/mol. The average Bonchev–Trinajstić information content (AvgIpc) is 3.06. The minimum absolute atomic E-state index is 0.0581. The summed E-state index contributed by atoms with van der Waals surface area (Å²) in [5, 5.41) is 12.6. The highest BCUT2D eigenvalue weighted by Gasteiger charge is 2.45. The number of allylic oxidation sites excluding steroid dienone is 2. The first kappa shape index (κ1) is 13.4. The Kier molecular flexibility index (Phi) is 3.62. The number of carbonyl (C=O) groups is 1. The number of nitrogens with one attached hydrogen (secondary N) is 1. The van der Waals surface area contributed by atoms with Gasteiger partial charge in [-0.15, -0.1) is 0 Å². The van der Waals surface area contributed by atoms with E-state index < -0.39 is 0 Å². The Bertz CT molecular complexity index is 511. The second kappa shape index (κ2) is 5.41. The smallest absolute Gasteiger partial charge is 0.224 e. The molecule has 0 unspecified atom stereocenters. The van der Waals surface area contributed by atoms with Crippen LogP contribution in [0.3, 0.4) is 0 Å². The predicted molar refractivity (Wildman–Crippen MR) is 77.8 cm³/mol. The number of aliphatic hydroxyl groups is 1. The molecule has 1 aromatic carbocycles. The quantitative estimate of drug-likeness (QED) is 0.826. The lowest BCUT2D eigenvalue weighted by Crippen LogP contribution is -2.39. The van der Waals surface area contributed by atoms with Crippen LogP contribution in [0.5, 0.6) is 0 Å². The summed E-state index contributed by atoms with van der Waals surface area (Å²) in [4.78, 5) is 12.5. The van der Waals surface area contributed by atoms with Crippen molar-refractivity contribution in [2.75, 3.05) is 6.61 Å². The summed E-state index contributed by atoms with van der Waals surface area (Å²) in [6.07, 6.45) is 5.54. The van der Waals surface area contributed by atoms with Crippen LogP contribution in [-0.2, 0) is 4.79 Å². The molecule has 20 heavy (non-hydrogen) atoms. The lowest BCUT2D eigenvalue weighted by molar-refractivity contribution is -0.128. The van der Waals surface area contributed by atoms with E-state index in [1.54, 1.807) is 0 Å². The third kappa shape index (κ3) is 2.27. The van der Waals surface area contributed by atoms with Crippen LogP contribution >= 0.6 is 0 Å². The highest BCUT2D eigenvalue weighted by Crippen LogP contribution is 2.47. The van der Waals surface area contributed by atoms with Crippen molar-refractivity contribution in [1.29, 1.82) is 0 Å². The van der Waals surface area contributed by atoms with Crippen molar-refractivity contribution in [3.63, 3.8) is 0 Å². The molecule has 1 fully saturated rings. The third-order valence-electron chi connectivity index (χ3n) is 4.86. The maximum Gasteiger partial charge on any atom is 0.224 e. The molecular weight excluding hydrogens is 250 g/mol. The molecule has 0 heterocycles. The number of rotatable bonds is 4. The molecule has 2 N–H and O–H groups in total. The predicted octanol–water partition coefficient (Wildman–Crippen LogP) is 2.29. The lowest BCUT2D eigenvalue weighted by Gasteiger charge is -2.26. The molecule has 0 radical (unpaired) electrons. The van der Waals surface area contributed by atoms with Crippen LogP contribution in [0.15, 0.2) is 42.5 Å². The number of hydrogen-bond donors (Lipinski definition) is 2. The van der Waals surface area contributed by atoms with E-state index in [-0.39, 0.29) is 24.5 Å². The molecule has 0 spiro atoms. The highest BCUT2D eigenvalue weighted by atomic mass is 16.3. The molecular formula is C17H21NO2. The van der Waals surface area contributed by atoms with Gasteiger partial charge < -0.3 is 10.4 Å². The summed E-state index contributed by atoms with van der Waals surface area (Å²) in [6.45, 7) is 2.09. The van der Waals surface area contributed by atoms with E-state index >= 15 is 0 Å². The molecule has 1 aromatic rings. The van der Waals surface area contributed by atoms with E-state index in [9.17, 15) is 9.90 Å². The molecule has 106 valence electrons. The Hall–Kier alpha value is -1.61. The van der Waals surface area contributed by atoms with Crippen molar-refractivity contribution < 1.29 is 9.90 Å². The molecule has 2 aliphatic rings. The molecule has 1 saturated carbocycles. The largest absolute Gasteiger partial charge is 0.394 e. The number of benzene rings is 1. The van der Waals surface area contributed by atoms with E-state index in [1.807, 2.05) is 30.3 Å². The van der Waals surface area contributed by atoms with Crippen molar-refractivity contribution in [3.8, 4) is 0 Å². The Morgan fingerprint density at radius 3 is 2.60 bits per heavy atom. The van der Waals surface area contributed by atoms with Crippen LogP contribution < -0.4 is 5.32 Å². The molecule has 3 nitrogen and oxygen atoms in total. The van der Waals surface area contributed by atoms with Gasteiger partial charge in [0.05, 0.1) is 12.6 Å². The fraction of sp³-hybridized carbons (Fsp3) is 0.471. The van der Waals surface area contributed by atoms with Gasteiger partial charge in [-0.2, -0.15) is 0 Å². The van der Waals surface area contributed by atoms with Crippen molar-refractivity contribution >= 4 is 5.91 Å². The van der Waals surface area contributed by atoms with Crippen LogP contribution in [0.4, 0.5) is 0 Å². The second-order valence-corrected chi connectivity index (χ2v) is 5.99. The zero-order valence-electron chi connectivity index (χ0n) is 11.7. The van der Waals surface area contributed by atoms with Gasteiger partial charge in [0.15, 0.2) is 0 Å². The van der Waals surface area contributed by atoms with Gasteiger partial charge in [0.2, 0.25) is 5.91 Å². The van der Waals surface area contributed by atoms with E-state index in [1.165, 1.54) is 0 Å². The molecule has 0 saturated heterocycles. The molecule has 2 bridgehead atoms. The Morgan fingerprint density at radius 1 is 1.30 bits per heavy atom. The van der Waals surface area contributed by atoms with Crippen LogP contribution in [0.2, 0.25) is 0 Å². The lowest BCUT2D eigenvalue weighted by atomic mass is 9.83. The van der Waals surface area contributed by atoms with Crippen LogP contribution in [-0.4, -0.2) is 17.6 Å². The summed E-state index contributed by atoms with van der Waals surface area (Å²) >= 11 is 0. The molecule has 3 rings (SSSR count). The Labute approximate surface area is 119 Å². The zero-order valence-corrected chi connectivity index (χ0v) is 11.7. The fourth-order valence-corrected chi connectivity index (χ4v) is 3.69. The number of amides is 1. The first-order valence-corrected chi connectivity index (χ1v) is 7.35. The molecule has 3 heteroatoms. The van der Waals surface area contributed by atoms with Gasteiger partial charge in [0.1, 0.15) is 0 Å². The minimum atomic E-state index is -0.306. The minimum Gasteiger partial charge on any atom is -0.394 e. The third-order valence-corrected chi connectivity index (χ3v) is 4.86. The van der Waals surface area contributed by atoms with Crippen molar-refractivity contribution in [1.82, 2.24) is 5.32 Å². The summed E-state index contributed by atoms with van der Waals surface area (Å²) in [5.74, 6) is 1.48.